The number of hydrogen-bond acceptors (Lipinski definition) is 7. The van der Waals surface area contributed by atoms with Crippen molar-refractivity contribution in [1.29, 1.82) is 0 Å². The van der Waals surface area contributed by atoms with Crippen LogP contribution >= 0.6 is 0 Å². The summed E-state index contributed by atoms with van der Waals surface area (Å²) in [6, 6.07) is 9.96. The van der Waals surface area contributed by atoms with Crippen molar-refractivity contribution in [2.75, 3.05) is 0 Å². The minimum Gasteiger partial charge on any atom is -0.492 e. The fourth-order valence-corrected chi connectivity index (χ4v) is 2.57. The molecule has 0 aliphatic carbocycles. The molecule has 2 aromatic rings. The summed E-state index contributed by atoms with van der Waals surface area (Å²) in [5, 5.41) is 18.8. The van der Waals surface area contributed by atoms with Crippen LogP contribution in [0.4, 0.5) is 4.79 Å². The van der Waals surface area contributed by atoms with Crippen LogP contribution in [0.5, 0.6) is 11.8 Å². The largest absolute Gasteiger partial charge is 0.537 e. The normalized spacial score (nSPS) is 13.0. The summed E-state index contributed by atoms with van der Waals surface area (Å²) in [6.45, 7) is 7.33. The van der Waals surface area contributed by atoms with Crippen molar-refractivity contribution in [3.05, 3.63) is 47.5 Å². The number of aromatic hydroxyl groups is 2. The van der Waals surface area contributed by atoms with Crippen LogP contribution in [0.15, 0.2) is 36.4 Å². The van der Waals surface area contributed by atoms with Gasteiger partial charge in [-0.1, -0.05) is 38.1 Å². The topological polar surface area (TPSA) is 107 Å². The second kappa shape index (κ2) is 9.16. The Hall–Kier alpha value is -3.16. The molecule has 2 atom stereocenters. The Morgan fingerprint density at radius 3 is 2.04 bits per heavy atom. The molecule has 2 rings (SSSR count). The second-order valence-electron chi connectivity index (χ2n) is 6.87. The van der Waals surface area contributed by atoms with Crippen molar-refractivity contribution < 1.29 is 34.1 Å². The van der Waals surface area contributed by atoms with Crippen LogP contribution < -0.4 is 4.84 Å². The van der Waals surface area contributed by atoms with Crippen LogP contribution in [0.2, 0.25) is 0 Å². The lowest BCUT2D eigenvalue weighted by molar-refractivity contribution is -0.169. The maximum absolute atomic E-state index is 12.3. The molecule has 0 spiro atoms. The van der Waals surface area contributed by atoms with E-state index in [2.05, 4.69) is 18.7 Å². The van der Waals surface area contributed by atoms with Gasteiger partial charge in [-0.25, -0.2) is 4.79 Å². The summed E-state index contributed by atoms with van der Waals surface area (Å²) in [6.07, 6.45) is -1.52. The summed E-state index contributed by atoms with van der Waals surface area (Å²) in [4.78, 5) is 28.6. The lowest BCUT2D eigenvalue weighted by Crippen LogP contribution is -2.28. The predicted octanol–water partition coefficient (Wildman–Crippen LogP) is 3.36. The van der Waals surface area contributed by atoms with E-state index in [1.54, 1.807) is 6.92 Å². The monoisotopic (exact) mass is 391 g/mol. The van der Waals surface area contributed by atoms with Gasteiger partial charge in [0.2, 0.25) is 18.1 Å². The van der Waals surface area contributed by atoms with Crippen molar-refractivity contribution in [1.82, 2.24) is 4.73 Å². The number of benzene rings is 1. The first-order valence-electron chi connectivity index (χ1n) is 8.95. The second-order valence-corrected chi connectivity index (χ2v) is 6.87. The fraction of sp³-hybridized carbons (Fsp3) is 0.400. The van der Waals surface area contributed by atoms with Crippen LogP contribution in [-0.2, 0) is 20.7 Å². The Balaban J connectivity index is 1.87. The van der Waals surface area contributed by atoms with Crippen molar-refractivity contribution in [3.8, 4) is 11.8 Å². The van der Waals surface area contributed by atoms with Crippen molar-refractivity contribution in [2.45, 2.75) is 46.3 Å². The van der Waals surface area contributed by atoms with Crippen molar-refractivity contribution in [2.24, 2.45) is 5.92 Å². The van der Waals surface area contributed by atoms with Gasteiger partial charge in [0.05, 0.1) is 5.92 Å². The van der Waals surface area contributed by atoms with E-state index < -0.39 is 36.1 Å². The minimum atomic E-state index is -1.26. The van der Waals surface area contributed by atoms with Gasteiger partial charge in [0.1, 0.15) is 0 Å². The highest BCUT2D eigenvalue weighted by molar-refractivity contribution is 5.77. The number of esters is 1. The quantitative estimate of drug-likeness (QED) is 0.550. The number of carbonyl (C=O) groups is 2. The van der Waals surface area contributed by atoms with Crippen molar-refractivity contribution >= 4 is 12.1 Å². The van der Waals surface area contributed by atoms with Gasteiger partial charge >= 0.3 is 12.1 Å². The maximum Gasteiger partial charge on any atom is 0.537 e. The molecular weight excluding hydrogens is 366 g/mol. The lowest BCUT2D eigenvalue weighted by Gasteiger charge is -2.17. The first-order chi connectivity index (χ1) is 13.2. The summed E-state index contributed by atoms with van der Waals surface area (Å²) in [5.74, 6) is -1.56. The lowest BCUT2D eigenvalue weighted by atomic mass is 9.97. The molecule has 0 fully saturated rings. The van der Waals surface area contributed by atoms with E-state index in [9.17, 15) is 19.8 Å². The van der Waals surface area contributed by atoms with Gasteiger partial charge < -0.3 is 19.7 Å². The Bertz CT molecular complexity index is 791. The van der Waals surface area contributed by atoms with Crippen LogP contribution in [0.3, 0.4) is 0 Å². The maximum atomic E-state index is 12.3. The van der Waals surface area contributed by atoms with Gasteiger partial charge in [-0.3, -0.25) is 9.63 Å². The molecule has 0 saturated carbocycles. The summed E-state index contributed by atoms with van der Waals surface area (Å²) >= 11 is 0. The molecule has 8 nitrogen and oxygen atoms in total. The van der Waals surface area contributed by atoms with Gasteiger partial charge in [-0.15, -0.1) is 4.73 Å². The molecule has 0 bridgehead atoms. The van der Waals surface area contributed by atoms with Crippen LogP contribution in [0, 0.1) is 5.92 Å². The van der Waals surface area contributed by atoms with E-state index in [0.717, 1.165) is 24.1 Å². The van der Waals surface area contributed by atoms with Gasteiger partial charge in [-0.05, 0) is 30.4 Å². The number of carbonyl (C=O) groups excluding carboxylic acids is 2. The molecule has 1 aromatic heterocycles. The molecule has 0 aliphatic rings. The molecule has 2 N–H and O–H groups in total. The predicted molar refractivity (Wildman–Crippen MR) is 99.8 cm³/mol. The first kappa shape index (κ1) is 21.1. The third kappa shape index (κ3) is 5.67. The highest BCUT2D eigenvalue weighted by Gasteiger charge is 2.23. The standard InChI is InChI=1S/C20H25NO7/c1-12(2)11-15-5-7-16(8-6-15)13(3)19(24)26-14(4)27-20(25)28-21-17(22)9-10-18(21)23/h5-10,12-14,22-23H,11H2,1-4H3. The molecule has 0 saturated heterocycles. The number of rotatable bonds is 7. The smallest absolute Gasteiger partial charge is 0.492 e. The zero-order valence-electron chi connectivity index (χ0n) is 16.3. The Labute approximate surface area is 163 Å². The van der Waals surface area contributed by atoms with E-state index >= 15 is 0 Å². The molecule has 0 radical (unpaired) electrons. The highest BCUT2D eigenvalue weighted by Crippen LogP contribution is 2.21. The number of hydrogen-bond donors (Lipinski definition) is 2. The molecule has 2 unspecified atom stereocenters. The number of ether oxygens (including phenoxy) is 2. The Kier molecular flexibility index (Phi) is 6.92. The number of nitrogens with zero attached hydrogens (tertiary/aromatic N) is 1. The van der Waals surface area contributed by atoms with Gasteiger partial charge in [-0.2, -0.15) is 0 Å². The summed E-state index contributed by atoms with van der Waals surface area (Å²) in [7, 11) is 0. The van der Waals surface area contributed by atoms with Gasteiger partial charge in [0.15, 0.2) is 0 Å². The molecular formula is C20H25NO7. The molecule has 1 aromatic carbocycles. The molecule has 0 amide bonds. The zero-order valence-corrected chi connectivity index (χ0v) is 16.3. The molecule has 1 heterocycles. The van der Waals surface area contributed by atoms with Gasteiger partial charge in [0.25, 0.3) is 0 Å². The van der Waals surface area contributed by atoms with Crippen LogP contribution in [0.1, 0.15) is 44.7 Å². The summed E-state index contributed by atoms with van der Waals surface area (Å²) in [5.41, 5.74) is 1.98. The average Bonchev–Trinajstić information content (AvgIpc) is 2.93. The van der Waals surface area contributed by atoms with E-state index in [-0.39, 0.29) is 0 Å². The van der Waals surface area contributed by atoms with E-state index in [4.69, 9.17) is 9.47 Å². The third-order valence-electron chi connectivity index (χ3n) is 3.98. The Morgan fingerprint density at radius 1 is 0.929 bits per heavy atom. The van der Waals surface area contributed by atoms with E-state index in [0.29, 0.717) is 10.6 Å². The first-order valence-corrected chi connectivity index (χ1v) is 8.95. The summed E-state index contributed by atoms with van der Waals surface area (Å²) < 4.78 is 10.4. The molecule has 152 valence electrons. The minimum absolute atomic E-state index is 0.470. The third-order valence-corrected chi connectivity index (χ3v) is 3.98. The number of aromatic nitrogens is 1. The highest BCUT2D eigenvalue weighted by atomic mass is 16.9. The molecule has 8 heteroatoms. The van der Waals surface area contributed by atoms with Crippen molar-refractivity contribution in [3.63, 3.8) is 0 Å². The average molecular weight is 391 g/mol. The molecule has 0 aliphatic heterocycles. The van der Waals surface area contributed by atoms with Crippen LogP contribution in [0.25, 0.3) is 0 Å². The zero-order chi connectivity index (χ0) is 20.8. The fourth-order valence-electron chi connectivity index (χ4n) is 2.57. The van der Waals surface area contributed by atoms with E-state index in [1.165, 1.54) is 12.5 Å². The molecule has 28 heavy (non-hydrogen) atoms. The SMILES string of the molecule is CC(C)Cc1ccc(C(C)C(=O)OC(C)OC(=O)On2c(O)ccc2O)cc1. The van der Waals surface area contributed by atoms with Gasteiger partial charge in [0, 0.05) is 19.1 Å². The Morgan fingerprint density at radius 2 is 1.50 bits per heavy atom. The van der Waals surface area contributed by atoms with E-state index in [1.807, 2.05) is 24.3 Å². The van der Waals surface area contributed by atoms with Crippen LogP contribution in [-0.4, -0.2) is 33.4 Å².